The summed E-state index contributed by atoms with van der Waals surface area (Å²) in [6, 6.07) is 10.2. The third-order valence-electron chi connectivity index (χ3n) is 3.39. The molecule has 0 bridgehead atoms. The molecular formula is C18H16ClF3N2O3. The van der Waals surface area contributed by atoms with Crippen molar-refractivity contribution in [3.05, 3.63) is 53.1 Å². The molecule has 0 saturated heterocycles. The van der Waals surface area contributed by atoms with Crippen molar-refractivity contribution in [2.45, 2.75) is 26.1 Å². The Morgan fingerprint density at radius 1 is 1.07 bits per heavy atom. The number of para-hydroxylation sites is 1. The summed E-state index contributed by atoms with van der Waals surface area (Å²) >= 11 is 5.88. The third kappa shape index (κ3) is 6.82. The van der Waals surface area contributed by atoms with Crippen LogP contribution in [0.5, 0.6) is 5.75 Å². The fourth-order valence-corrected chi connectivity index (χ4v) is 2.49. The minimum atomic E-state index is -4.81. The molecule has 0 unspecified atom stereocenters. The Hall–Kier alpha value is -2.74. The first-order valence-corrected chi connectivity index (χ1v) is 8.22. The molecule has 0 atom stereocenters. The van der Waals surface area contributed by atoms with Gasteiger partial charge in [-0.2, -0.15) is 0 Å². The maximum atomic E-state index is 12.4. The second-order valence-electron chi connectivity index (χ2n) is 5.57. The van der Waals surface area contributed by atoms with E-state index in [0.717, 1.165) is 0 Å². The molecule has 0 aromatic heterocycles. The van der Waals surface area contributed by atoms with Crippen LogP contribution in [0.25, 0.3) is 0 Å². The minimum Gasteiger partial charge on any atom is -0.406 e. The lowest BCUT2D eigenvalue weighted by molar-refractivity contribution is -0.274. The van der Waals surface area contributed by atoms with Crippen LogP contribution in [-0.2, 0) is 16.0 Å². The number of benzene rings is 2. The molecule has 0 aliphatic rings. The number of anilines is 2. The molecule has 2 aromatic rings. The Balaban J connectivity index is 2.05. The molecule has 0 aliphatic carbocycles. The monoisotopic (exact) mass is 400 g/mol. The smallest absolute Gasteiger partial charge is 0.406 e. The average Bonchev–Trinajstić information content (AvgIpc) is 2.54. The van der Waals surface area contributed by atoms with Crippen LogP contribution in [0.4, 0.5) is 24.5 Å². The highest BCUT2D eigenvalue weighted by molar-refractivity contribution is 6.31. The van der Waals surface area contributed by atoms with Gasteiger partial charge in [0, 0.05) is 18.4 Å². The standard InChI is InChI=1S/C18H16ClF3N2O3/c1-11(25)23-15-10-13(19)7-8-14(15)24-17(26)9-6-12-4-2-3-5-16(12)27-18(20,21)22/h2-5,7-8,10H,6,9H2,1H3,(H,23,25)(H,24,26). The molecule has 0 heterocycles. The first-order valence-electron chi connectivity index (χ1n) is 7.84. The molecule has 2 rings (SSSR count). The van der Waals surface area contributed by atoms with Gasteiger partial charge in [0.15, 0.2) is 0 Å². The van der Waals surface area contributed by atoms with Gasteiger partial charge in [-0.3, -0.25) is 9.59 Å². The summed E-state index contributed by atoms with van der Waals surface area (Å²) in [6.45, 7) is 1.31. The SMILES string of the molecule is CC(=O)Nc1cc(Cl)ccc1NC(=O)CCc1ccccc1OC(F)(F)F. The predicted molar refractivity (Wildman–Crippen MR) is 95.8 cm³/mol. The van der Waals surface area contributed by atoms with Gasteiger partial charge in [0.2, 0.25) is 11.8 Å². The van der Waals surface area contributed by atoms with E-state index in [9.17, 15) is 22.8 Å². The van der Waals surface area contributed by atoms with E-state index in [-0.39, 0.29) is 30.1 Å². The molecule has 27 heavy (non-hydrogen) atoms. The zero-order chi connectivity index (χ0) is 20.0. The van der Waals surface area contributed by atoms with Crippen molar-refractivity contribution in [3.8, 4) is 5.75 Å². The summed E-state index contributed by atoms with van der Waals surface area (Å²) in [5, 5.41) is 5.52. The lowest BCUT2D eigenvalue weighted by Crippen LogP contribution is -2.19. The van der Waals surface area contributed by atoms with Crippen LogP contribution in [0, 0.1) is 0 Å². The van der Waals surface area contributed by atoms with Crippen molar-refractivity contribution in [2.24, 2.45) is 0 Å². The van der Waals surface area contributed by atoms with E-state index in [0.29, 0.717) is 16.4 Å². The summed E-state index contributed by atoms with van der Waals surface area (Å²) in [6.07, 6.45) is -4.85. The van der Waals surface area contributed by atoms with Gasteiger partial charge < -0.3 is 15.4 Å². The fourth-order valence-electron chi connectivity index (χ4n) is 2.31. The van der Waals surface area contributed by atoms with Crippen LogP contribution in [-0.4, -0.2) is 18.2 Å². The van der Waals surface area contributed by atoms with E-state index in [4.69, 9.17) is 11.6 Å². The second-order valence-corrected chi connectivity index (χ2v) is 6.01. The van der Waals surface area contributed by atoms with Crippen LogP contribution in [0.3, 0.4) is 0 Å². The van der Waals surface area contributed by atoms with E-state index in [1.807, 2.05) is 0 Å². The van der Waals surface area contributed by atoms with Gasteiger partial charge in [-0.1, -0.05) is 29.8 Å². The Morgan fingerprint density at radius 2 is 1.78 bits per heavy atom. The Morgan fingerprint density at radius 3 is 2.44 bits per heavy atom. The van der Waals surface area contributed by atoms with Crippen molar-refractivity contribution in [3.63, 3.8) is 0 Å². The number of carbonyl (C=O) groups excluding carboxylic acids is 2. The number of halogens is 4. The normalized spacial score (nSPS) is 11.0. The minimum absolute atomic E-state index is 0.0428. The van der Waals surface area contributed by atoms with Crippen LogP contribution in [0.15, 0.2) is 42.5 Å². The van der Waals surface area contributed by atoms with Gasteiger partial charge in [0.25, 0.3) is 0 Å². The molecule has 0 spiro atoms. The largest absolute Gasteiger partial charge is 0.573 e. The molecule has 0 saturated carbocycles. The van der Waals surface area contributed by atoms with Crippen molar-refractivity contribution in [1.82, 2.24) is 0 Å². The van der Waals surface area contributed by atoms with Crippen LogP contribution < -0.4 is 15.4 Å². The predicted octanol–water partition coefficient (Wildman–Crippen LogP) is 4.77. The molecule has 0 aliphatic heterocycles. The number of alkyl halides is 3. The molecule has 0 radical (unpaired) electrons. The number of rotatable bonds is 6. The summed E-state index contributed by atoms with van der Waals surface area (Å²) in [4.78, 5) is 23.4. The van der Waals surface area contributed by atoms with Gasteiger partial charge in [-0.25, -0.2) is 0 Å². The van der Waals surface area contributed by atoms with E-state index in [1.54, 1.807) is 6.07 Å². The summed E-state index contributed by atoms with van der Waals surface area (Å²) in [7, 11) is 0. The lowest BCUT2D eigenvalue weighted by atomic mass is 10.1. The number of ether oxygens (including phenoxy) is 1. The number of aryl methyl sites for hydroxylation is 1. The van der Waals surface area contributed by atoms with Crippen LogP contribution in [0.1, 0.15) is 18.9 Å². The molecule has 2 aromatic carbocycles. The Bertz CT molecular complexity index is 841. The van der Waals surface area contributed by atoms with Crippen molar-refractivity contribution in [1.29, 1.82) is 0 Å². The zero-order valence-corrected chi connectivity index (χ0v) is 14.9. The number of carbonyl (C=O) groups is 2. The third-order valence-corrected chi connectivity index (χ3v) is 3.62. The van der Waals surface area contributed by atoms with Crippen LogP contribution >= 0.6 is 11.6 Å². The molecule has 5 nitrogen and oxygen atoms in total. The zero-order valence-electron chi connectivity index (χ0n) is 14.2. The highest BCUT2D eigenvalue weighted by atomic mass is 35.5. The van der Waals surface area contributed by atoms with E-state index in [2.05, 4.69) is 15.4 Å². The second kappa shape index (κ2) is 8.77. The highest BCUT2D eigenvalue weighted by Crippen LogP contribution is 2.28. The van der Waals surface area contributed by atoms with Crippen molar-refractivity contribution < 1.29 is 27.5 Å². The molecule has 2 amide bonds. The number of hydrogen-bond acceptors (Lipinski definition) is 3. The number of nitrogens with one attached hydrogen (secondary N) is 2. The molecular weight excluding hydrogens is 385 g/mol. The van der Waals surface area contributed by atoms with Gasteiger partial charge in [0.1, 0.15) is 5.75 Å². The van der Waals surface area contributed by atoms with Gasteiger partial charge in [-0.05, 0) is 36.2 Å². The molecule has 9 heteroatoms. The van der Waals surface area contributed by atoms with E-state index in [1.165, 1.54) is 43.3 Å². The molecule has 2 N–H and O–H groups in total. The molecule has 0 fully saturated rings. The van der Waals surface area contributed by atoms with Crippen molar-refractivity contribution in [2.75, 3.05) is 10.6 Å². The Kier molecular flexibility index (Phi) is 6.68. The summed E-state index contributed by atoms with van der Waals surface area (Å²) in [5.41, 5.74) is 0.909. The van der Waals surface area contributed by atoms with Gasteiger partial charge in [-0.15, -0.1) is 13.2 Å². The number of hydrogen-bond donors (Lipinski definition) is 2. The average molecular weight is 401 g/mol. The molecule has 144 valence electrons. The van der Waals surface area contributed by atoms with Gasteiger partial charge >= 0.3 is 6.36 Å². The topological polar surface area (TPSA) is 67.4 Å². The fraction of sp³-hybridized carbons (Fsp3) is 0.222. The maximum Gasteiger partial charge on any atom is 0.573 e. The highest BCUT2D eigenvalue weighted by Gasteiger charge is 2.31. The van der Waals surface area contributed by atoms with E-state index < -0.39 is 12.3 Å². The van der Waals surface area contributed by atoms with Crippen molar-refractivity contribution >= 4 is 34.8 Å². The first kappa shape index (κ1) is 20.6. The van der Waals surface area contributed by atoms with Gasteiger partial charge in [0.05, 0.1) is 11.4 Å². The van der Waals surface area contributed by atoms with Crippen LogP contribution in [0.2, 0.25) is 5.02 Å². The summed E-state index contributed by atoms with van der Waals surface area (Å²) in [5.74, 6) is -1.13. The number of amides is 2. The first-order chi connectivity index (χ1) is 12.6. The Labute approximate surface area is 158 Å². The quantitative estimate of drug-likeness (QED) is 0.734. The lowest BCUT2D eigenvalue weighted by Gasteiger charge is -2.14. The summed E-state index contributed by atoms with van der Waals surface area (Å²) < 4.78 is 41.3. The van der Waals surface area contributed by atoms with E-state index >= 15 is 0 Å². The maximum absolute atomic E-state index is 12.4.